The van der Waals surface area contributed by atoms with E-state index in [-0.39, 0.29) is 18.2 Å². The largest absolute Gasteiger partial charge is 0.351 e. The molecule has 22 heavy (non-hydrogen) atoms. The molecule has 122 valence electrons. The Balaban J connectivity index is 1.87. The van der Waals surface area contributed by atoms with Crippen molar-refractivity contribution in [3.63, 3.8) is 0 Å². The highest BCUT2D eigenvalue weighted by molar-refractivity contribution is 7.89. The van der Waals surface area contributed by atoms with Crippen molar-refractivity contribution < 1.29 is 13.2 Å². The molecule has 0 aromatic heterocycles. The standard InChI is InChI=1S/C15H21ClN2O3S/c16-14-8-4-3-7-13(14)15(19)17-9-12-22(20,21)18-10-5-1-2-6-11-18/h3-4,7-8H,1-2,5-6,9-12H2,(H,17,19). The van der Waals surface area contributed by atoms with Crippen molar-refractivity contribution in [3.8, 4) is 0 Å². The van der Waals surface area contributed by atoms with E-state index in [0.29, 0.717) is 23.7 Å². The molecule has 1 N–H and O–H groups in total. The smallest absolute Gasteiger partial charge is 0.252 e. The van der Waals surface area contributed by atoms with E-state index >= 15 is 0 Å². The molecule has 0 atom stereocenters. The van der Waals surface area contributed by atoms with Crippen LogP contribution < -0.4 is 5.32 Å². The second kappa shape index (κ2) is 7.94. The lowest BCUT2D eigenvalue weighted by Gasteiger charge is -2.19. The van der Waals surface area contributed by atoms with Crippen LogP contribution in [0.4, 0.5) is 0 Å². The average molecular weight is 345 g/mol. The molecular formula is C15H21ClN2O3S. The van der Waals surface area contributed by atoms with Crippen molar-refractivity contribution in [3.05, 3.63) is 34.9 Å². The Morgan fingerprint density at radius 3 is 2.41 bits per heavy atom. The number of halogens is 1. The fraction of sp³-hybridized carbons (Fsp3) is 0.533. The number of carbonyl (C=O) groups excluding carboxylic acids is 1. The molecule has 0 radical (unpaired) electrons. The third-order valence-corrected chi connectivity index (χ3v) is 5.92. The molecule has 0 aliphatic carbocycles. The Labute approximate surface area is 136 Å². The molecule has 1 amide bonds. The molecule has 0 saturated carbocycles. The fourth-order valence-corrected chi connectivity index (χ4v) is 4.14. The van der Waals surface area contributed by atoms with Crippen LogP contribution in [0, 0.1) is 0 Å². The molecule has 1 heterocycles. The van der Waals surface area contributed by atoms with Gasteiger partial charge in [-0.1, -0.05) is 36.6 Å². The van der Waals surface area contributed by atoms with E-state index in [0.717, 1.165) is 25.7 Å². The first-order valence-corrected chi connectivity index (χ1v) is 9.50. The van der Waals surface area contributed by atoms with E-state index < -0.39 is 10.0 Å². The van der Waals surface area contributed by atoms with Crippen molar-refractivity contribution >= 4 is 27.5 Å². The van der Waals surface area contributed by atoms with Crippen LogP contribution in [-0.4, -0.2) is 44.0 Å². The topological polar surface area (TPSA) is 66.5 Å². The summed E-state index contributed by atoms with van der Waals surface area (Å²) in [6, 6.07) is 6.70. The van der Waals surface area contributed by atoms with Gasteiger partial charge in [0.1, 0.15) is 0 Å². The van der Waals surface area contributed by atoms with Gasteiger partial charge in [0.05, 0.1) is 16.3 Å². The predicted octanol–water partition coefficient (Wildman–Crippen LogP) is 2.28. The molecular weight excluding hydrogens is 324 g/mol. The molecule has 7 heteroatoms. The summed E-state index contributed by atoms with van der Waals surface area (Å²) in [5, 5.41) is 2.98. The molecule has 0 bridgehead atoms. The first-order valence-electron chi connectivity index (χ1n) is 7.51. The van der Waals surface area contributed by atoms with Crippen LogP contribution in [0.2, 0.25) is 5.02 Å². The second-order valence-electron chi connectivity index (χ2n) is 5.37. The zero-order valence-corrected chi connectivity index (χ0v) is 14.0. The average Bonchev–Trinajstić information content (AvgIpc) is 2.77. The first kappa shape index (κ1) is 17.2. The van der Waals surface area contributed by atoms with Gasteiger partial charge in [-0.2, -0.15) is 0 Å². The van der Waals surface area contributed by atoms with Gasteiger partial charge < -0.3 is 5.32 Å². The Morgan fingerprint density at radius 2 is 1.77 bits per heavy atom. The summed E-state index contributed by atoms with van der Waals surface area (Å²) in [6.07, 6.45) is 3.97. The maximum atomic E-state index is 12.3. The third-order valence-electron chi connectivity index (χ3n) is 3.72. The van der Waals surface area contributed by atoms with Crippen LogP contribution in [0.15, 0.2) is 24.3 Å². The molecule has 0 unspecified atom stereocenters. The number of sulfonamides is 1. The van der Waals surface area contributed by atoms with Crippen LogP contribution in [0.25, 0.3) is 0 Å². The zero-order chi connectivity index (χ0) is 16.0. The summed E-state index contributed by atoms with van der Waals surface area (Å²) in [6.45, 7) is 1.25. The summed E-state index contributed by atoms with van der Waals surface area (Å²) in [5.74, 6) is -0.430. The lowest BCUT2D eigenvalue weighted by molar-refractivity contribution is 0.0956. The Morgan fingerprint density at radius 1 is 1.14 bits per heavy atom. The number of carbonyl (C=O) groups is 1. The molecule has 0 spiro atoms. The lowest BCUT2D eigenvalue weighted by atomic mass is 10.2. The molecule has 1 aliphatic heterocycles. The molecule has 1 aliphatic rings. The zero-order valence-electron chi connectivity index (χ0n) is 12.4. The van der Waals surface area contributed by atoms with E-state index in [9.17, 15) is 13.2 Å². The van der Waals surface area contributed by atoms with Gasteiger partial charge in [-0.3, -0.25) is 4.79 Å². The minimum absolute atomic E-state index is 0.0802. The predicted molar refractivity (Wildman–Crippen MR) is 87.6 cm³/mol. The first-order chi connectivity index (χ1) is 10.5. The van der Waals surface area contributed by atoms with Crippen molar-refractivity contribution in [2.45, 2.75) is 25.7 Å². The Kier molecular flexibility index (Phi) is 6.23. The van der Waals surface area contributed by atoms with Crippen LogP contribution in [0.1, 0.15) is 36.0 Å². The number of benzene rings is 1. The fourth-order valence-electron chi connectivity index (χ4n) is 2.48. The van der Waals surface area contributed by atoms with E-state index in [1.807, 2.05) is 0 Å². The van der Waals surface area contributed by atoms with Crippen LogP contribution in [-0.2, 0) is 10.0 Å². The van der Waals surface area contributed by atoms with Gasteiger partial charge in [0.2, 0.25) is 10.0 Å². The van der Waals surface area contributed by atoms with Gasteiger partial charge in [0.15, 0.2) is 0 Å². The second-order valence-corrected chi connectivity index (χ2v) is 7.86. The van der Waals surface area contributed by atoms with Crippen molar-refractivity contribution in [1.82, 2.24) is 9.62 Å². The number of amides is 1. The lowest BCUT2D eigenvalue weighted by Crippen LogP contribution is -2.38. The van der Waals surface area contributed by atoms with E-state index in [1.165, 1.54) is 0 Å². The van der Waals surface area contributed by atoms with Gasteiger partial charge in [-0.05, 0) is 25.0 Å². The van der Waals surface area contributed by atoms with Crippen LogP contribution in [0.3, 0.4) is 0 Å². The number of hydrogen-bond acceptors (Lipinski definition) is 3. The highest BCUT2D eigenvalue weighted by Gasteiger charge is 2.22. The van der Waals surface area contributed by atoms with E-state index in [1.54, 1.807) is 28.6 Å². The number of rotatable bonds is 5. The summed E-state index contributed by atoms with van der Waals surface area (Å²) >= 11 is 5.94. The summed E-state index contributed by atoms with van der Waals surface area (Å²) in [7, 11) is -3.31. The minimum Gasteiger partial charge on any atom is -0.351 e. The molecule has 2 rings (SSSR count). The quantitative estimate of drug-likeness (QED) is 0.891. The Hall–Kier alpha value is -1.11. The highest BCUT2D eigenvalue weighted by atomic mass is 35.5. The number of nitrogens with one attached hydrogen (secondary N) is 1. The Bertz CT molecular complexity index is 611. The SMILES string of the molecule is O=C(NCCS(=O)(=O)N1CCCCCC1)c1ccccc1Cl. The molecule has 1 fully saturated rings. The van der Waals surface area contributed by atoms with Crippen LogP contribution >= 0.6 is 11.6 Å². The van der Waals surface area contributed by atoms with Gasteiger partial charge >= 0.3 is 0 Å². The van der Waals surface area contributed by atoms with Crippen molar-refractivity contribution in [2.24, 2.45) is 0 Å². The van der Waals surface area contributed by atoms with E-state index in [2.05, 4.69) is 5.32 Å². The van der Waals surface area contributed by atoms with Crippen LogP contribution in [0.5, 0.6) is 0 Å². The maximum Gasteiger partial charge on any atom is 0.252 e. The minimum atomic E-state index is -3.31. The van der Waals surface area contributed by atoms with Gasteiger partial charge in [-0.15, -0.1) is 0 Å². The third kappa shape index (κ3) is 4.69. The maximum absolute atomic E-state index is 12.3. The molecule has 1 aromatic carbocycles. The summed E-state index contributed by atoms with van der Waals surface area (Å²) < 4.78 is 26.1. The molecule has 1 saturated heterocycles. The number of hydrogen-bond donors (Lipinski definition) is 1. The molecule has 1 aromatic rings. The summed E-state index contributed by atoms with van der Waals surface area (Å²) in [4.78, 5) is 12.0. The molecule has 5 nitrogen and oxygen atoms in total. The highest BCUT2D eigenvalue weighted by Crippen LogP contribution is 2.15. The monoisotopic (exact) mass is 344 g/mol. The van der Waals surface area contributed by atoms with Gasteiger partial charge in [0.25, 0.3) is 5.91 Å². The van der Waals surface area contributed by atoms with Crippen molar-refractivity contribution in [1.29, 1.82) is 0 Å². The number of nitrogens with zero attached hydrogens (tertiary/aromatic N) is 1. The normalized spacial score (nSPS) is 17.0. The van der Waals surface area contributed by atoms with Gasteiger partial charge in [0, 0.05) is 19.6 Å². The summed E-state index contributed by atoms with van der Waals surface area (Å²) in [5.41, 5.74) is 0.358. The van der Waals surface area contributed by atoms with Crippen molar-refractivity contribution in [2.75, 3.05) is 25.4 Å². The van der Waals surface area contributed by atoms with Gasteiger partial charge in [-0.25, -0.2) is 12.7 Å². The van der Waals surface area contributed by atoms with E-state index in [4.69, 9.17) is 11.6 Å².